The number of hydrogen-bond acceptors (Lipinski definition) is 4. The molecule has 0 spiro atoms. The molecule has 1 aliphatic heterocycles. The van der Waals surface area contributed by atoms with Crippen LogP contribution in [0.1, 0.15) is 28.8 Å². The van der Waals surface area contributed by atoms with Crippen LogP contribution in [-0.4, -0.2) is 54.6 Å². The molecule has 5 rings (SSSR count). The number of likely N-dealkylation sites (tertiary alicyclic amines) is 1. The molecule has 4 aromatic rings. The van der Waals surface area contributed by atoms with E-state index in [0.29, 0.717) is 17.0 Å². The molecule has 3 aromatic heterocycles. The molecule has 1 fully saturated rings. The predicted molar refractivity (Wildman–Crippen MR) is 111 cm³/mol. The fourth-order valence-corrected chi connectivity index (χ4v) is 3.97. The van der Waals surface area contributed by atoms with Gasteiger partial charge in [-0.25, -0.2) is 13.8 Å². The molecule has 1 amide bonds. The number of nitrogens with one attached hydrogen (secondary N) is 1. The Morgan fingerprint density at radius 1 is 1.16 bits per heavy atom. The van der Waals surface area contributed by atoms with E-state index >= 15 is 0 Å². The SMILES string of the molecule is Cc1cc(-n2ccc3cc(C(=O)N4CCC(F)(F)CC4)cnc32)ccc1-c1nnc[nH]1. The molecule has 0 atom stereocenters. The van der Waals surface area contributed by atoms with Gasteiger partial charge >= 0.3 is 0 Å². The third-order valence-electron chi connectivity index (χ3n) is 5.72. The van der Waals surface area contributed by atoms with Gasteiger partial charge in [0.25, 0.3) is 11.8 Å². The van der Waals surface area contributed by atoms with E-state index in [9.17, 15) is 13.6 Å². The summed E-state index contributed by atoms with van der Waals surface area (Å²) in [5.41, 5.74) is 4.05. The number of H-pyrrole nitrogens is 1. The number of aryl methyl sites for hydroxylation is 1. The minimum absolute atomic E-state index is 0.0572. The topological polar surface area (TPSA) is 79.7 Å². The van der Waals surface area contributed by atoms with E-state index in [1.807, 2.05) is 42.0 Å². The minimum atomic E-state index is -2.68. The van der Waals surface area contributed by atoms with E-state index in [1.54, 1.807) is 12.4 Å². The van der Waals surface area contributed by atoms with Crippen molar-refractivity contribution in [3.05, 3.63) is 60.2 Å². The molecule has 158 valence electrons. The summed E-state index contributed by atoms with van der Waals surface area (Å²) in [7, 11) is 0. The average molecular weight is 422 g/mol. The number of benzene rings is 1. The molecule has 7 nitrogen and oxygen atoms in total. The first-order valence-corrected chi connectivity index (χ1v) is 10.0. The predicted octanol–water partition coefficient (Wildman–Crippen LogP) is 3.99. The molecule has 0 bridgehead atoms. The van der Waals surface area contributed by atoms with Gasteiger partial charge in [0.05, 0.1) is 5.56 Å². The number of fused-ring (bicyclic) bond motifs is 1. The van der Waals surface area contributed by atoms with E-state index in [-0.39, 0.29) is 31.8 Å². The molecule has 9 heteroatoms. The normalized spacial score (nSPS) is 16.0. The molecule has 1 N–H and O–H groups in total. The van der Waals surface area contributed by atoms with E-state index < -0.39 is 5.92 Å². The fourth-order valence-electron chi connectivity index (χ4n) is 3.97. The van der Waals surface area contributed by atoms with Crippen molar-refractivity contribution in [2.45, 2.75) is 25.7 Å². The Hall–Kier alpha value is -3.62. The lowest BCUT2D eigenvalue weighted by Gasteiger charge is -2.31. The van der Waals surface area contributed by atoms with Crippen molar-refractivity contribution in [2.24, 2.45) is 0 Å². The summed E-state index contributed by atoms with van der Waals surface area (Å²) in [4.78, 5) is 21.7. The van der Waals surface area contributed by atoms with Crippen LogP contribution in [0.5, 0.6) is 0 Å². The number of carbonyl (C=O) groups excluding carboxylic acids is 1. The van der Waals surface area contributed by atoms with Gasteiger partial charge in [0.15, 0.2) is 5.82 Å². The zero-order valence-electron chi connectivity index (χ0n) is 16.8. The first-order chi connectivity index (χ1) is 14.9. The molecule has 0 unspecified atom stereocenters. The van der Waals surface area contributed by atoms with Gasteiger partial charge in [-0.3, -0.25) is 4.79 Å². The molecule has 31 heavy (non-hydrogen) atoms. The van der Waals surface area contributed by atoms with Gasteiger partial charge in [-0.05, 0) is 42.8 Å². The Morgan fingerprint density at radius 3 is 2.68 bits per heavy atom. The molecular weight excluding hydrogens is 402 g/mol. The Kier molecular flexibility index (Phi) is 4.53. The lowest BCUT2D eigenvalue weighted by atomic mass is 10.1. The molecule has 0 saturated carbocycles. The van der Waals surface area contributed by atoms with Gasteiger partial charge in [-0.2, -0.15) is 0 Å². The number of aromatic amines is 1. The summed E-state index contributed by atoms with van der Waals surface area (Å²) in [5.74, 6) is -2.24. The van der Waals surface area contributed by atoms with Crippen molar-refractivity contribution >= 4 is 16.9 Å². The molecule has 1 aromatic carbocycles. The number of aromatic nitrogens is 5. The zero-order valence-corrected chi connectivity index (χ0v) is 16.8. The van der Waals surface area contributed by atoms with Crippen molar-refractivity contribution in [3.63, 3.8) is 0 Å². The number of halogens is 2. The minimum Gasteiger partial charge on any atom is -0.338 e. The summed E-state index contributed by atoms with van der Waals surface area (Å²) in [6, 6.07) is 9.64. The summed E-state index contributed by atoms with van der Waals surface area (Å²) in [6.45, 7) is 2.11. The second-order valence-electron chi connectivity index (χ2n) is 7.81. The monoisotopic (exact) mass is 422 g/mol. The molecule has 4 heterocycles. The van der Waals surface area contributed by atoms with Gasteiger partial charge in [-0.15, -0.1) is 10.2 Å². The van der Waals surface area contributed by atoms with E-state index in [1.165, 1.54) is 11.1 Å². The smallest absolute Gasteiger partial charge is 0.255 e. The highest BCUT2D eigenvalue weighted by Crippen LogP contribution is 2.29. The molecular formula is C22H20F2N6O. The van der Waals surface area contributed by atoms with E-state index in [0.717, 1.165) is 22.2 Å². The van der Waals surface area contributed by atoms with Crippen molar-refractivity contribution < 1.29 is 13.6 Å². The highest BCUT2D eigenvalue weighted by molar-refractivity contribution is 5.97. The number of nitrogens with zero attached hydrogens (tertiary/aromatic N) is 5. The number of piperidine rings is 1. The first kappa shape index (κ1) is 19.3. The molecule has 1 saturated heterocycles. The standard InChI is InChI=1S/C22H20F2N6O/c1-14-10-17(2-3-18(14)19-26-13-27-28-19)30-7-4-15-11-16(12-25-20(15)30)21(31)29-8-5-22(23,24)6-9-29/h2-4,7,10-13H,5-6,8-9H2,1H3,(H,26,27,28). The van der Waals surface area contributed by atoms with Crippen molar-refractivity contribution in [1.29, 1.82) is 0 Å². The third kappa shape index (κ3) is 3.56. The second-order valence-corrected chi connectivity index (χ2v) is 7.81. The highest BCUT2D eigenvalue weighted by atomic mass is 19.3. The number of carbonyl (C=O) groups is 1. The summed E-state index contributed by atoms with van der Waals surface area (Å²) in [6.07, 6.45) is 4.36. The van der Waals surface area contributed by atoms with Crippen LogP contribution in [0, 0.1) is 6.92 Å². The molecule has 0 aliphatic carbocycles. The van der Waals surface area contributed by atoms with Crippen LogP contribution in [0.3, 0.4) is 0 Å². The third-order valence-corrected chi connectivity index (χ3v) is 5.72. The number of amides is 1. The fraction of sp³-hybridized carbons (Fsp3) is 0.273. The van der Waals surface area contributed by atoms with E-state index in [2.05, 4.69) is 20.2 Å². The largest absolute Gasteiger partial charge is 0.338 e. The Morgan fingerprint density at radius 2 is 1.97 bits per heavy atom. The molecule has 1 aliphatic rings. The molecule has 0 radical (unpaired) electrons. The quantitative estimate of drug-likeness (QED) is 0.541. The number of pyridine rings is 1. The Balaban J connectivity index is 1.42. The van der Waals surface area contributed by atoms with Gasteiger partial charge in [0, 0.05) is 55.0 Å². The maximum absolute atomic E-state index is 13.4. The van der Waals surface area contributed by atoms with Gasteiger partial charge in [0.1, 0.15) is 12.0 Å². The van der Waals surface area contributed by atoms with Crippen LogP contribution in [0.2, 0.25) is 0 Å². The van der Waals surface area contributed by atoms with Gasteiger partial charge in [0.2, 0.25) is 0 Å². The summed E-state index contributed by atoms with van der Waals surface area (Å²) in [5, 5.41) is 8.70. The van der Waals surface area contributed by atoms with Crippen molar-refractivity contribution in [2.75, 3.05) is 13.1 Å². The highest BCUT2D eigenvalue weighted by Gasteiger charge is 2.35. The van der Waals surface area contributed by atoms with Crippen LogP contribution in [0.15, 0.2) is 49.1 Å². The van der Waals surface area contributed by atoms with E-state index in [4.69, 9.17) is 0 Å². The second kappa shape index (κ2) is 7.26. The Labute approximate surface area is 176 Å². The lowest BCUT2D eigenvalue weighted by molar-refractivity contribution is -0.0494. The van der Waals surface area contributed by atoms with Crippen LogP contribution in [-0.2, 0) is 0 Å². The Bertz CT molecular complexity index is 1250. The number of hydrogen-bond donors (Lipinski definition) is 1. The number of alkyl halides is 2. The lowest BCUT2D eigenvalue weighted by Crippen LogP contribution is -2.42. The first-order valence-electron chi connectivity index (χ1n) is 10.0. The van der Waals surface area contributed by atoms with Gasteiger partial charge < -0.3 is 14.5 Å². The maximum Gasteiger partial charge on any atom is 0.255 e. The summed E-state index contributed by atoms with van der Waals surface area (Å²) < 4.78 is 28.7. The van der Waals surface area contributed by atoms with Crippen LogP contribution in [0.25, 0.3) is 28.1 Å². The number of rotatable bonds is 3. The maximum atomic E-state index is 13.4. The van der Waals surface area contributed by atoms with Crippen molar-refractivity contribution in [3.8, 4) is 17.1 Å². The average Bonchev–Trinajstić information content (AvgIpc) is 3.43. The van der Waals surface area contributed by atoms with Gasteiger partial charge in [-0.1, -0.05) is 0 Å². The zero-order chi connectivity index (χ0) is 21.6. The van der Waals surface area contributed by atoms with Crippen LogP contribution in [0.4, 0.5) is 8.78 Å². The van der Waals surface area contributed by atoms with Crippen LogP contribution < -0.4 is 0 Å². The summed E-state index contributed by atoms with van der Waals surface area (Å²) >= 11 is 0. The van der Waals surface area contributed by atoms with Crippen LogP contribution >= 0.6 is 0 Å². The van der Waals surface area contributed by atoms with Crippen molar-refractivity contribution in [1.82, 2.24) is 29.6 Å².